The molecule has 1 aliphatic rings. The summed E-state index contributed by atoms with van der Waals surface area (Å²) in [4.78, 5) is 13.7. The number of aromatic nitrogens is 2. The van der Waals surface area contributed by atoms with Crippen molar-refractivity contribution >= 4 is 11.7 Å². The molecular formula is C33H36F3N5O. The van der Waals surface area contributed by atoms with Crippen LogP contribution in [0.5, 0.6) is 0 Å². The first kappa shape index (κ1) is 29.4. The van der Waals surface area contributed by atoms with Gasteiger partial charge in [-0.3, -0.25) is 4.90 Å². The Morgan fingerprint density at radius 2 is 1.69 bits per heavy atom. The van der Waals surface area contributed by atoms with E-state index in [9.17, 15) is 9.18 Å². The van der Waals surface area contributed by atoms with E-state index in [1.165, 1.54) is 12.1 Å². The number of amides is 2. The Labute approximate surface area is 244 Å². The third-order valence-corrected chi connectivity index (χ3v) is 8.28. The summed E-state index contributed by atoms with van der Waals surface area (Å²) < 4.78 is 46.8. The Kier molecular flexibility index (Phi) is 7.90. The highest BCUT2D eigenvalue weighted by Crippen LogP contribution is 2.41. The first-order chi connectivity index (χ1) is 19.9. The number of hydrogen-bond donors (Lipinski definition) is 2. The van der Waals surface area contributed by atoms with E-state index in [1.54, 1.807) is 10.7 Å². The zero-order chi connectivity index (χ0) is 30.3. The van der Waals surface area contributed by atoms with Crippen LogP contribution in [0.2, 0.25) is 0 Å². The molecule has 0 radical (unpaired) electrons. The van der Waals surface area contributed by atoms with Crippen molar-refractivity contribution in [2.24, 2.45) is 5.73 Å². The smallest absolute Gasteiger partial charge is 0.316 e. The third kappa shape index (κ3) is 5.41. The fourth-order valence-electron chi connectivity index (χ4n) is 5.92. The number of rotatable bonds is 7. The van der Waals surface area contributed by atoms with Gasteiger partial charge in [0.05, 0.1) is 22.8 Å². The molecule has 3 N–H and O–H groups in total. The molecule has 0 unspecified atom stereocenters. The molecule has 0 saturated heterocycles. The lowest BCUT2D eigenvalue weighted by atomic mass is 9.87. The van der Waals surface area contributed by atoms with E-state index in [2.05, 4.69) is 37.9 Å². The number of nitrogens with one attached hydrogen (secondary N) is 1. The van der Waals surface area contributed by atoms with Crippen molar-refractivity contribution in [2.75, 3.05) is 5.32 Å². The van der Waals surface area contributed by atoms with Gasteiger partial charge >= 0.3 is 6.03 Å². The van der Waals surface area contributed by atoms with Crippen LogP contribution in [0.4, 0.5) is 23.7 Å². The molecule has 2 amide bonds. The van der Waals surface area contributed by atoms with Crippen molar-refractivity contribution in [2.45, 2.75) is 72.5 Å². The zero-order valence-corrected chi connectivity index (χ0v) is 24.6. The van der Waals surface area contributed by atoms with Gasteiger partial charge in [-0.1, -0.05) is 38.1 Å². The number of fused-ring (bicyclic) bond motifs is 1. The molecule has 1 aromatic heterocycles. The number of para-hydroxylation sites is 1. The van der Waals surface area contributed by atoms with Crippen molar-refractivity contribution in [3.63, 3.8) is 0 Å². The number of benzene rings is 3. The van der Waals surface area contributed by atoms with E-state index < -0.39 is 17.7 Å². The zero-order valence-electron chi connectivity index (χ0n) is 24.6. The number of urea groups is 1. The van der Waals surface area contributed by atoms with Crippen LogP contribution >= 0.6 is 0 Å². The minimum absolute atomic E-state index is 0.0434. The quantitative estimate of drug-likeness (QED) is 0.244. The summed E-state index contributed by atoms with van der Waals surface area (Å²) in [7, 11) is 0. The molecule has 0 bridgehead atoms. The van der Waals surface area contributed by atoms with Crippen LogP contribution in [-0.4, -0.2) is 26.3 Å². The Bertz CT molecular complexity index is 1650. The van der Waals surface area contributed by atoms with Crippen molar-refractivity contribution in [3.8, 4) is 16.9 Å². The summed E-state index contributed by atoms with van der Waals surface area (Å²) in [6.07, 6.45) is 2.03. The average molecular weight is 576 g/mol. The van der Waals surface area contributed by atoms with E-state index >= 15 is 8.78 Å². The van der Waals surface area contributed by atoms with E-state index in [1.807, 2.05) is 25.1 Å². The molecule has 0 saturated carbocycles. The highest BCUT2D eigenvalue weighted by atomic mass is 19.1. The molecule has 4 aromatic rings. The second kappa shape index (κ2) is 11.3. The molecule has 2 heterocycles. The van der Waals surface area contributed by atoms with Gasteiger partial charge in [-0.2, -0.15) is 5.10 Å². The largest absolute Gasteiger partial charge is 0.351 e. The van der Waals surface area contributed by atoms with Gasteiger partial charge in [0.25, 0.3) is 0 Å². The fraction of sp³-hybridized carbons (Fsp3) is 0.333. The van der Waals surface area contributed by atoms with Gasteiger partial charge in [0.15, 0.2) is 0 Å². The number of aryl methyl sites for hydroxylation is 3. The van der Waals surface area contributed by atoms with Crippen LogP contribution in [0, 0.1) is 24.4 Å². The highest BCUT2D eigenvalue weighted by Gasteiger charge is 2.38. The van der Waals surface area contributed by atoms with E-state index in [0.717, 1.165) is 64.2 Å². The standard InChI is InChI=1S/C33H36F3N5O/c1-6-20-9-8-10-21(7-2)30(20)41-31(24-14-27(36)28(15-26(24)35)38-32(37)42)25-18-40(33(4,5)16-29(25)39-41)17-22-11-12-23(34)13-19(22)3/h8-15H,6-7,16-18H2,1-5H3,(H3,37,38,42). The Morgan fingerprint density at radius 1 is 1.00 bits per heavy atom. The lowest BCUT2D eigenvalue weighted by Gasteiger charge is -2.42. The molecule has 9 heteroatoms. The summed E-state index contributed by atoms with van der Waals surface area (Å²) in [6.45, 7) is 11.2. The number of anilines is 1. The number of hydrogen-bond acceptors (Lipinski definition) is 3. The lowest BCUT2D eigenvalue weighted by Crippen LogP contribution is -2.47. The summed E-state index contributed by atoms with van der Waals surface area (Å²) >= 11 is 0. The maximum atomic E-state index is 15.9. The maximum Gasteiger partial charge on any atom is 0.316 e. The van der Waals surface area contributed by atoms with Gasteiger partial charge in [0, 0.05) is 42.2 Å². The third-order valence-electron chi connectivity index (χ3n) is 8.28. The molecule has 6 nitrogen and oxygen atoms in total. The van der Waals surface area contributed by atoms with Crippen LogP contribution in [0.15, 0.2) is 48.5 Å². The van der Waals surface area contributed by atoms with Gasteiger partial charge in [-0.15, -0.1) is 0 Å². The van der Waals surface area contributed by atoms with Crippen LogP contribution in [0.3, 0.4) is 0 Å². The van der Waals surface area contributed by atoms with Gasteiger partial charge in [0.1, 0.15) is 17.5 Å². The van der Waals surface area contributed by atoms with Crippen LogP contribution in [0.1, 0.15) is 61.2 Å². The van der Waals surface area contributed by atoms with Gasteiger partial charge in [0.2, 0.25) is 0 Å². The summed E-state index contributed by atoms with van der Waals surface area (Å²) in [5.41, 5.74) is 11.4. The fourth-order valence-corrected chi connectivity index (χ4v) is 5.92. The SMILES string of the molecule is CCc1cccc(CC)c1-n1nc2c(c1-c1cc(F)c(NC(N)=O)cc1F)CN(Cc1ccc(F)cc1C)C(C)(C)C2. The van der Waals surface area contributed by atoms with E-state index in [0.29, 0.717) is 25.2 Å². The molecule has 0 spiro atoms. The van der Waals surface area contributed by atoms with Gasteiger partial charge < -0.3 is 11.1 Å². The van der Waals surface area contributed by atoms with E-state index in [4.69, 9.17) is 10.8 Å². The number of carbonyl (C=O) groups excluding carboxylic acids is 1. The van der Waals surface area contributed by atoms with Gasteiger partial charge in [-0.05, 0) is 74.1 Å². The molecule has 42 heavy (non-hydrogen) atoms. The maximum absolute atomic E-state index is 15.9. The first-order valence-electron chi connectivity index (χ1n) is 14.2. The predicted octanol–water partition coefficient (Wildman–Crippen LogP) is 7.22. The molecule has 5 rings (SSSR count). The molecule has 0 aliphatic carbocycles. The Hall–Kier alpha value is -4.11. The monoisotopic (exact) mass is 575 g/mol. The Balaban J connectivity index is 1.73. The second-order valence-corrected chi connectivity index (χ2v) is 11.5. The number of nitrogens with two attached hydrogens (primary N) is 1. The van der Waals surface area contributed by atoms with Crippen molar-refractivity contribution in [1.29, 1.82) is 0 Å². The summed E-state index contributed by atoms with van der Waals surface area (Å²) in [5.74, 6) is -1.80. The first-order valence-corrected chi connectivity index (χ1v) is 14.2. The van der Waals surface area contributed by atoms with Crippen LogP contribution in [-0.2, 0) is 32.4 Å². The second-order valence-electron chi connectivity index (χ2n) is 11.5. The molecule has 3 aromatic carbocycles. The Morgan fingerprint density at radius 3 is 2.31 bits per heavy atom. The van der Waals surface area contributed by atoms with Gasteiger partial charge in [-0.25, -0.2) is 22.6 Å². The molecule has 220 valence electrons. The normalized spacial score (nSPS) is 14.6. The number of carbonyl (C=O) groups is 1. The molecule has 1 aliphatic heterocycles. The molecule has 0 fully saturated rings. The number of primary amides is 1. The molecule has 0 atom stereocenters. The van der Waals surface area contributed by atoms with Crippen molar-refractivity contribution < 1.29 is 18.0 Å². The van der Waals surface area contributed by atoms with Crippen LogP contribution in [0.25, 0.3) is 16.9 Å². The topological polar surface area (TPSA) is 76.2 Å². The minimum atomic E-state index is -0.984. The predicted molar refractivity (Wildman–Crippen MR) is 159 cm³/mol. The van der Waals surface area contributed by atoms with Crippen molar-refractivity contribution in [1.82, 2.24) is 14.7 Å². The average Bonchev–Trinajstić information content (AvgIpc) is 3.27. The summed E-state index contributed by atoms with van der Waals surface area (Å²) in [6, 6.07) is 11.9. The molecular weight excluding hydrogens is 539 g/mol. The van der Waals surface area contributed by atoms with Crippen LogP contribution < -0.4 is 11.1 Å². The van der Waals surface area contributed by atoms with Crippen molar-refractivity contribution in [3.05, 3.63) is 99.5 Å². The number of nitrogens with zero attached hydrogens (tertiary/aromatic N) is 3. The highest BCUT2D eigenvalue weighted by molar-refractivity contribution is 5.88. The summed E-state index contributed by atoms with van der Waals surface area (Å²) in [5, 5.41) is 7.24. The lowest BCUT2D eigenvalue weighted by molar-refractivity contribution is 0.0881. The number of halogens is 3. The van der Waals surface area contributed by atoms with E-state index in [-0.39, 0.29) is 22.6 Å². The minimum Gasteiger partial charge on any atom is -0.351 e.